The summed E-state index contributed by atoms with van der Waals surface area (Å²) >= 11 is 1.41. The van der Waals surface area contributed by atoms with Crippen molar-refractivity contribution in [1.82, 2.24) is 4.90 Å². The van der Waals surface area contributed by atoms with Gasteiger partial charge in [0, 0.05) is 11.4 Å². The number of anilines is 1. The van der Waals surface area contributed by atoms with E-state index < -0.39 is 5.97 Å². The van der Waals surface area contributed by atoms with Crippen LogP contribution in [0.25, 0.3) is 0 Å². The fourth-order valence-corrected chi connectivity index (χ4v) is 4.55. The number of esters is 1. The Kier molecular flexibility index (Phi) is 6.24. The van der Waals surface area contributed by atoms with Gasteiger partial charge in [0.1, 0.15) is 10.8 Å². The highest BCUT2D eigenvalue weighted by Crippen LogP contribution is 2.36. The van der Waals surface area contributed by atoms with E-state index in [-0.39, 0.29) is 12.1 Å². The molecular weight excluding hydrogens is 376 g/mol. The van der Waals surface area contributed by atoms with Gasteiger partial charge in [-0.3, -0.25) is 5.32 Å². The van der Waals surface area contributed by atoms with Crippen LogP contribution < -0.4 is 10.1 Å². The Morgan fingerprint density at radius 3 is 2.61 bits per heavy atom. The zero-order valence-electron chi connectivity index (χ0n) is 16.7. The predicted molar refractivity (Wildman–Crippen MR) is 110 cm³/mol. The van der Waals surface area contributed by atoms with Crippen molar-refractivity contribution in [3.63, 3.8) is 0 Å². The number of likely N-dealkylation sites (tertiary alicyclic amines) is 1. The standard InChI is InChI=1S/C21H26N2O4S/c1-5-27-20(24)18-13(2)14(3)28-19(18)22-21(25)23-12-6-7-17(23)15-8-10-16(26-4)11-9-15/h8-11,17H,5-7,12H2,1-4H3,(H,22,25). The molecule has 1 unspecified atom stereocenters. The van der Waals surface area contributed by atoms with E-state index in [0.29, 0.717) is 23.7 Å². The first-order valence-corrected chi connectivity index (χ1v) is 10.3. The van der Waals surface area contributed by atoms with Gasteiger partial charge in [-0.15, -0.1) is 11.3 Å². The third-order valence-electron chi connectivity index (χ3n) is 5.10. The fraction of sp³-hybridized carbons (Fsp3) is 0.429. The Labute approximate surface area is 169 Å². The first-order valence-electron chi connectivity index (χ1n) is 9.45. The van der Waals surface area contributed by atoms with Gasteiger partial charge in [0.2, 0.25) is 0 Å². The highest BCUT2D eigenvalue weighted by molar-refractivity contribution is 7.16. The number of thiophene rings is 1. The molecule has 1 N–H and O–H groups in total. The van der Waals surface area contributed by atoms with Crippen LogP contribution in [-0.2, 0) is 4.74 Å². The number of benzene rings is 1. The maximum absolute atomic E-state index is 13.0. The summed E-state index contributed by atoms with van der Waals surface area (Å²) in [6.07, 6.45) is 1.85. The minimum atomic E-state index is -0.396. The van der Waals surface area contributed by atoms with Crippen LogP contribution in [0.5, 0.6) is 5.75 Å². The van der Waals surface area contributed by atoms with Crippen LogP contribution in [0.15, 0.2) is 24.3 Å². The van der Waals surface area contributed by atoms with Crippen molar-refractivity contribution in [2.24, 2.45) is 0 Å². The van der Waals surface area contributed by atoms with Crippen LogP contribution in [0.1, 0.15) is 52.2 Å². The summed E-state index contributed by atoms with van der Waals surface area (Å²) in [5.74, 6) is 0.397. The molecule has 1 aliphatic rings. The monoisotopic (exact) mass is 402 g/mol. The lowest BCUT2D eigenvalue weighted by atomic mass is 10.0. The van der Waals surface area contributed by atoms with Crippen molar-refractivity contribution in [3.8, 4) is 5.75 Å². The topological polar surface area (TPSA) is 67.9 Å². The summed E-state index contributed by atoms with van der Waals surface area (Å²) in [7, 11) is 1.64. The van der Waals surface area contributed by atoms with Crippen LogP contribution in [-0.4, -0.2) is 37.2 Å². The Hall–Kier alpha value is -2.54. The molecule has 1 aromatic carbocycles. The Morgan fingerprint density at radius 1 is 1.25 bits per heavy atom. The van der Waals surface area contributed by atoms with Gasteiger partial charge in [-0.25, -0.2) is 9.59 Å². The fourth-order valence-electron chi connectivity index (χ4n) is 3.52. The maximum Gasteiger partial charge on any atom is 0.341 e. The van der Waals surface area contributed by atoms with Gasteiger partial charge in [-0.2, -0.15) is 0 Å². The number of hydrogen-bond donors (Lipinski definition) is 1. The average Bonchev–Trinajstić information content (AvgIpc) is 3.27. The van der Waals surface area contributed by atoms with Crippen LogP contribution in [0.2, 0.25) is 0 Å². The number of amides is 2. The molecule has 1 fully saturated rings. The lowest BCUT2D eigenvalue weighted by molar-refractivity contribution is 0.0527. The molecule has 1 atom stereocenters. The zero-order chi connectivity index (χ0) is 20.3. The van der Waals surface area contributed by atoms with E-state index in [4.69, 9.17) is 9.47 Å². The average molecular weight is 403 g/mol. The Morgan fingerprint density at radius 2 is 1.96 bits per heavy atom. The van der Waals surface area contributed by atoms with Crippen molar-refractivity contribution in [3.05, 3.63) is 45.8 Å². The highest BCUT2D eigenvalue weighted by Gasteiger charge is 2.31. The molecule has 2 amide bonds. The number of nitrogens with zero attached hydrogens (tertiary/aromatic N) is 1. The molecule has 0 radical (unpaired) electrons. The van der Waals surface area contributed by atoms with Crippen LogP contribution in [0.3, 0.4) is 0 Å². The van der Waals surface area contributed by atoms with Gasteiger partial charge in [0.05, 0.1) is 25.3 Å². The Balaban J connectivity index is 1.80. The quantitative estimate of drug-likeness (QED) is 0.721. The van der Waals surface area contributed by atoms with Crippen molar-refractivity contribution in [2.45, 2.75) is 39.7 Å². The molecule has 3 rings (SSSR count). The normalized spacial score (nSPS) is 16.1. The number of carbonyl (C=O) groups excluding carboxylic acids is 2. The number of ether oxygens (including phenoxy) is 2. The molecule has 1 aromatic heterocycles. The summed E-state index contributed by atoms with van der Waals surface area (Å²) in [6, 6.07) is 7.64. The second kappa shape index (κ2) is 8.65. The SMILES string of the molecule is CCOC(=O)c1c(NC(=O)N2CCCC2c2ccc(OC)cc2)sc(C)c1C. The van der Waals surface area contributed by atoms with Crippen molar-refractivity contribution < 1.29 is 19.1 Å². The Bertz CT molecular complexity index is 860. The summed E-state index contributed by atoms with van der Waals surface area (Å²) in [4.78, 5) is 28.2. The third kappa shape index (κ3) is 3.99. The van der Waals surface area contributed by atoms with E-state index in [2.05, 4.69) is 5.32 Å². The molecule has 6 nitrogen and oxygen atoms in total. The van der Waals surface area contributed by atoms with Crippen molar-refractivity contribution >= 4 is 28.3 Å². The summed E-state index contributed by atoms with van der Waals surface area (Å²) in [6.45, 7) is 6.57. The summed E-state index contributed by atoms with van der Waals surface area (Å²) < 4.78 is 10.4. The third-order valence-corrected chi connectivity index (χ3v) is 6.22. The lowest BCUT2D eigenvalue weighted by Crippen LogP contribution is -2.34. The molecular formula is C21H26N2O4S. The van der Waals surface area contributed by atoms with E-state index in [1.807, 2.05) is 43.0 Å². The molecule has 0 saturated carbocycles. The molecule has 1 aliphatic heterocycles. The van der Waals surface area contributed by atoms with Gasteiger partial charge < -0.3 is 14.4 Å². The highest BCUT2D eigenvalue weighted by atomic mass is 32.1. The predicted octanol–water partition coefficient (Wildman–Crippen LogP) is 4.92. The van der Waals surface area contributed by atoms with Crippen molar-refractivity contribution in [2.75, 3.05) is 25.6 Å². The lowest BCUT2D eigenvalue weighted by Gasteiger charge is -2.25. The van der Waals surface area contributed by atoms with E-state index in [0.717, 1.165) is 34.6 Å². The smallest absolute Gasteiger partial charge is 0.341 e. The van der Waals surface area contributed by atoms with Crippen LogP contribution >= 0.6 is 11.3 Å². The van der Waals surface area contributed by atoms with E-state index in [1.165, 1.54) is 11.3 Å². The van der Waals surface area contributed by atoms with E-state index in [9.17, 15) is 9.59 Å². The number of aryl methyl sites for hydroxylation is 1. The maximum atomic E-state index is 13.0. The molecule has 1 saturated heterocycles. The van der Waals surface area contributed by atoms with Gasteiger partial charge in [-0.05, 0) is 56.9 Å². The second-order valence-electron chi connectivity index (χ2n) is 6.76. The molecule has 0 spiro atoms. The second-order valence-corrected chi connectivity index (χ2v) is 7.99. The molecule has 2 aromatic rings. The van der Waals surface area contributed by atoms with Gasteiger partial charge >= 0.3 is 12.0 Å². The summed E-state index contributed by atoms with van der Waals surface area (Å²) in [5.41, 5.74) is 2.39. The summed E-state index contributed by atoms with van der Waals surface area (Å²) in [5, 5.41) is 3.51. The van der Waals surface area contributed by atoms with Crippen molar-refractivity contribution in [1.29, 1.82) is 0 Å². The number of carbonyl (C=O) groups is 2. The molecule has 7 heteroatoms. The minimum absolute atomic E-state index is 0.0131. The minimum Gasteiger partial charge on any atom is -0.497 e. The molecule has 28 heavy (non-hydrogen) atoms. The molecule has 0 bridgehead atoms. The van der Waals surface area contributed by atoms with Gasteiger partial charge in [0.25, 0.3) is 0 Å². The number of methoxy groups -OCH3 is 1. The first kappa shape index (κ1) is 20.2. The number of nitrogens with one attached hydrogen (secondary N) is 1. The van der Waals surface area contributed by atoms with E-state index >= 15 is 0 Å². The zero-order valence-corrected chi connectivity index (χ0v) is 17.5. The van der Waals surface area contributed by atoms with Crippen LogP contribution in [0.4, 0.5) is 9.80 Å². The largest absolute Gasteiger partial charge is 0.497 e. The van der Waals surface area contributed by atoms with Gasteiger partial charge in [0.15, 0.2) is 0 Å². The van der Waals surface area contributed by atoms with Gasteiger partial charge in [-0.1, -0.05) is 12.1 Å². The molecule has 0 aliphatic carbocycles. The molecule has 2 heterocycles. The number of hydrogen-bond acceptors (Lipinski definition) is 5. The number of urea groups is 1. The van der Waals surface area contributed by atoms with Crippen LogP contribution in [0, 0.1) is 13.8 Å². The van der Waals surface area contributed by atoms with E-state index in [1.54, 1.807) is 14.0 Å². The number of rotatable bonds is 5. The first-order chi connectivity index (χ1) is 13.5. The molecule has 150 valence electrons.